The minimum atomic E-state index is -0.903. The first-order chi connectivity index (χ1) is 27.8. The van der Waals surface area contributed by atoms with Crippen LogP contribution in [0.25, 0.3) is 0 Å². The quantitative estimate of drug-likeness (QED) is 0.0374. The molecule has 0 saturated heterocycles. The van der Waals surface area contributed by atoms with Crippen LogP contribution in [0.15, 0.2) is 0 Å². The van der Waals surface area contributed by atoms with Gasteiger partial charge in [-0.05, 0) is 51.4 Å². The maximum atomic E-state index is 13.6. The fourth-order valence-corrected chi connectivity index (χ4v) is 8.29. The van der Waals surface area contributed by atoms with Crippen LogP contribution in [-0.4, -0.2) is 29.6 Å². The summed E-state index contributed by atoms with van der Waals surface area (Å²) in [4.78, 5) is 38.6. The second-order valence-corrected chi connectivity index (χ2v) is 17.9. The van der Waals surface area contributed by atoms with Gasteiger partial charge in [0.1, 0.15) is 11.6 Å². The molecule has 1 atom stereocenters. The molecule has 6 nitrogen and oxygen atoms in total. The Balaban J connectivity index is 4.79. The number of nitrogens with two attached hydrogens (primary N) is 1. The molecule has 0 aromatic heterocycles. The number of hydrogen-bond acceptors (Lipinski definition) is 6. The Kier molecular flexibility index (Phi) is 41.6. The van der Waals surface area contributed by atoms with E-state index < -0.39 is 29.6 Å². The van der Waals surface area contributed by atoms with Crippen molar-refractivity contribution in [3.05, 3.63) is 0 Å². The molecule has 0 aliphatic rings. The predicted octanol–water partition coefficient (Wildman–Crippen LogP) is 16.1. The van der Waals surface area contributed by atoms with Gasteiger partial charge in [-0.25, -0.2) is 0 Å². The van der Waals surface area contributed by atoms with Crippen molar-refractivity contribution in [2.24, 2.45) is 5.73 Å². The molecular weight excluding hydrogens is 707 g/mol. The Morgan fingerprint density at radius 1 is 0.386 bits per heavy atom. The molecular formula is C51H99NO5. The van der Waals surface area contributed by atoms with Crippen molar-refractivity contribution in [3.8, 4) is 0 Å². The lowest BCUT2D eigenvalue weighted by atomic mass is 9.84. The van der Waals surface area contributed by atoms with Crippen LogP contribution >= 0.6 is 0 Å². The average molecular weight is 806 g/mol. The van der Waals surface area contributed by atoms with Gasteiger partial charge in [0.15, 0.2) is 0 Å². The Labute approximate surface area is 355 Å². The van der Waals surface area contributed by atoms with Crippen LogP contribution in [0.3, 0.4) is 0 Å². The summed E-state index contributed by atoms with van der Waals surface area (Å²) >= 11 is 0. The van der Waals surface area contributed by atoms with Crippen molar-refractivity contribution in [2.45, 2.75) is 309 Å². The Morgan fingerprint density at radius 2 is 0.649 bits per heavy atom. The molecule has 0 heterocycles. The molecule has 0 spiro atoms. The van der Waals surface area contributed by atoms with Crippen LogP contribution in [0.4, 0.5) is 0 Å². The second kappa shape index (κ2) is 42.7. The summed E-state index contributed by atoms with van der Waals surface area (Å²) in [6.07, 6.45) is 47.8. The van der Waals surface area contributed by atoms with E-state index in [1.54, 1.807) is 0 Å². The summed E-state index contributed by atoms with van der Waals surface area (Å²) in [5, 5.41) is 0. The number of ether oxygens (including phenoxy) is 2. The zero-order valence-corrected chi connectivity index (χ0v) is 38.9. The third-order valence-corrected chi connectivity index (χ3v) is 12.2. The van der Waals surface area contributed by atoms with Gasteiger partial charge in [-0.3, -0.25) is 14.4 Å². The maximum absolute atomic E-state index is 13.6. The highest BCUT2D eigenvalue weighted by Gasteiger charge is 2.35. The fraction of sp³-hybridized carbons (Fsp3) is 0.941. The van der Waals surface area contributed by atoms with E-state index in [1.165, 1.54) is 193 Å². The van der Waals surface area contributed by atoms with Crippen molar-refractivity contribution < 1.29 is 23.9 Å². The van der Waals surface area contributed by atoms with Crippen LogP contribution in [0, 0.1) is 0 Å². The Morgan fingerprint density at radius 3 is 0.965 bits per heavy atom. The molecule has 0 aliphatic heterocycles. The van der Waals surface area contributed by atoms with Crippen molar-refractivity contribution in [3.63, 3.8) is 0 Å². The molecule has 0 bridgehead atoms. The van der Waals surface area contributed by atoms with E-state index in [9.17, 15) is 14.4 Å². The summed E-state index contributed by atoms with van der Waals surface area (Å²) in [6, 6.07) is -0.903. The first-order valence-electron chi connectivity index (χ1n) is 25.6. The van der Waals surface area contributed by atoms with Crippen LogP contribution in [-0.2, 0) is 23.9 Å². The Bertz CT molecular complexity index is 875. The molecule has 0 rings (SSSR count). The Hall–Kier alpha value is -1.43. The lowest BCUT2D eigenvalue weighted by molar-refractivity contribution is -0.165. The van der Waals surface area contributed by atoms with Crippen LogP contribution in [0.5, 0.6) is 0 Å². The number of unbranched alkanes of at least 4 members (excludes halogenated alkanes) is 32. The van der Waals surface area contributed by atoms with Crippen LogP contribution < -0.4 is 5.73 Å². The minimum absolute atomic E-state index is 0.0546. The van der Waals surface area contributed by atoms with Crippen molar-refractivity contribution in [1.29, 1.82) is 0 Å². The smallest absolute Gasteiger partial charge is 0.323 e. The maximum Gasteiger partial charge on any atom is 0.323 e. The van der Waals surface area contributed by atoms with E-state index in [2.05, 4.69) is 27.7 Å². The van der Waals surface area contributed by atoms with Gasteiger partial charge < -0.3 is 15.2 Å². The van der Waals surface area contributed by atoms with Gasteiger partial charge in [0.25, 0.3) is 0 Å². The predicted molar refractivity (Wildman–Crippen MR) is 245 cm³/mol. The number of esters is 3. The summed E-state index contributed by atoms with van der Waals surface area (Å²) in [5.41, 5.74) is 5.91. The molecule has 6 heteroatoms. The van der Waals surface area contributed by atoms with Gasteiger partial charge in [-0.2, -0.15) is 0 Å². The molecule has 0 fully saturated rings. The van der Waals surface area contributed by atoms with E-state index in [1.807, 2.05) is 0 Å². The van der Waals surface area contributed by atoms with Crippen molar-refractivity contribution >= 4 is 17.9 Å². The van der Waals surface area contributed by atoms with E-state index in [0.29, 0.717) is 0 Å². The molecule has 1 unspecified atom stereocenters. The lowest BCUT2D eigenvalue weighted by Gasteiger charge is -2.35. The molecule has 2 N–H and O–H groups in total. The van der Waals surface area contributed by atoms with Gasteiger partial charge in [0.2, 0.25) is 0 Å². The molecule has 0 aromatic rings. The lowest BCUT2D eigenvalue weighted by Crippen LogP contribution is -2.42. The van der Waals surface area contributed by atoms with E-state index in [0.717, 1.165) is 57.8 Å². The van der Waals surface area contributed by atoms with Crippen molar-refractivity contribution in [1.82, 2.24) is 0 Å². The summed E-state index contributed by atoms with van der Waals surface area (Å²) in [5.74, 6) is -1.46. The normalized spacial score (nSPS) is 12.2. The molecule has 338 valence electrons. The first kappa shape index (κ1) is 55.6. The van der Waals surface area contributed by atoms with Gasteiger partial charge in [0, 0.05) is 12.8 Å². The highest BCUT2D eigenvalue weighted by atomic mass is 16.6. The van der Waals surface area contributed by atoms with Crippen molar-refractivity contribution in [2.75, 3.05) is 0 Å². The van der Waals surface area contributed by atoms with E-state index in [-0.39, 0.29) is 19.3 Å². The second-order valence-electron chi connectivity index (χ2n) is 17.9. The van der Waals surface area contributed by atoms with Gasteiger partial charge >= 0.3 is 17.9 Å². The molecule has 0 saturated carbocycles. The highest BCUT2D eigenvalue weighted by molar-refractivity contribution is 5.86. The zero-order chi connectivity index (χ0) is 41.9. The zero-order valence-electron chi connectivity index (χ0n) is 38.9. The average Bonchev–Trinajstić information content (AvgIpc) is 3.20. The summed E-state index contributed by atoms with van der Waals surface area (Å²) < 4.78 is 11.6. The third-order valence-electron chi connectivity index (χ3n) is 12.2. The van der Waals surface area contributed by atoms with Crippen LogP contribution in [0.1, 0.15) is 297 Å². The van der Waals surface area contributed by atoms with E-state index >= 15 is 0 Å². The van der Waals surface area contributed by atoms with E-state index in [4.69, 9.17) is 15.2 Å². The largest absolute Gasteiger partial charge is 0.458 e. The van der Waals surface area contributed by atoms with Gasteiger partial charge in [0.05, 0.1) is 0 Å². The number of carbonyl (C=O) groups is 3. The fourth-order valence-electron chi connectivity index (χ4n) is 8.29. The topological polar surface area (TPSA) is 95.7 Å². The third kappa shape index (κ3) is 37.3. The number of hydrogen-bond donors (Lipinski definition) is 1. The molecule has 0 aromatic carbocycles. The monoisotopic (exact) mass is 806 g/mol. The first-order valence-corrected chi connectivity index (χ1v) is 25.6. The standard InChI is InChI=1S/C51H99NO5/c1-5-9-13-17-21-23-24-25-26-27-28-29-31-33-37-41-48(53)56-49(54)43-42-47(52)50(55)57-51(44-38-34-19-15-11-7-3,45-39-35-20-16-12-8-4)46-40-36-32-30-22-18-14-10-6-2/h47H,5-46,52H2,1-4H3. The van der Waals surface area contributed by atoms with Gasteiger partial charge in [-0.15, -0.1) is 0 Å². The number of rotatable bonds is 45. The summed E-state index contributed by atoms with van der Waals surface area (Å²) in [6.45, 7) is 9.03. The SMILES string of the molecule is CCCCCCCCCCCCCCCCCC(=O)OC(=O)CCC(N)C(=O)OC(CCCCCCCC)(CCCCCCCC)CCCCCCCCCCC. The molecule has 0 amide bonds. The number of carbonyl (C=O) groups excluding carboxylic acids is 3. The summed E-state index contributed by atoms with van der Waals surface area (Å²) in [7, 11) is 0. The van der Waals surface area contributed by atoms with Gasteiger partial charge in [-0.1, -0.05) is 233 Å². The molecule has 0 aliphatic carbocycles. The minimum Gasteiger partial charge on any atom is -0.458 e. The van der Waals surface area contributed by atoms with Crippen LogP contribution in [0.2, 0.25) is 0 Å². The highest BCUT2D eigenvalue weighted by Crippen LogP contribution is 2.34. The molecule has 57 heavy (non-hydrogen) atoms. The molecule has 0 radical (unpaired) electrons.